The summed E-state index contributed by atoms with van der Waals surface area (Å²) in [6.45, 7) is 0. The minimum atomic E-state index is -3.44. The summed E-state index contributed by atoms with van der Waals surface area (Å²) < 4.78 is 62.2. The molecule has 1 aromatic carbocycles. The monoisotopic (exact) mass is 419 g/mol. The Labute approximate surface area is 164 Å². The van der Waals surface area contributed by atoms with Crippen LogP contribution >= 0.6 is 0 Å². The number of fused-ring (bicyclic) bond motifs is 1. The van der Waals surface area contributed by atoms with Gasteiger partial charge in [0.2, 0.25) is 0 Å². The molecule has 4 rings (SSSR count). The van der Waals surface area contributed by atoms with Crippen LogP contribution in [0.5, 0.6) is 5.75 Å². The number of nitrogens with zero attached hydrogens (tertiary/aromatic N) is 3. The van der Waals surface area contributed by atoms with Crippen LogP contribution in [0.1, 0.15) is 12.1 Å². The topological polar surface area (TPSA) is 87.2 Å². The van der Waals surface area contributed by atoms with Gasteiger partial charge in [0.25, 0.3) is 6.43 Å². The Bertz CT molecular complexity index is 1290. The number of hydrogen-bond acceptors (Lipinski definition) is 6. The molecule has 0 aliphatic rings. The van der Waals surface area contributed by atoms with Gasteiger partial charge in [-0.1, -0.05) is 12.1 Å². The van der Waals surface area contributed by atoms with Crippen molar-refractivity contribution in [1.29, 1.82) is 0 Å². The number of benzene rings is 1. The van der Waals surface area contributed by atoms with Crippen molar-refractivity contribution >= 4 is 20.8 Å². The van der Waals surface area contributed by atoms with E-state index >= 15 is 0 Å². The van der Waals surface area contributed by atoms with Gasteiger partial charge in [-0.3, -0.25) is 0 Å². The number of hydrogen-bond donors (Lipinski definition) is 0. The Balaban J connectivity index is 1.88. The van der Waals surface area contributed by atoms with E-state index < -0.39 is 22.0 Å². The number of rotatable bonds is 5. The standard InChI is InChI=1S/C19H15F2N3O4S/c1-27-15-5-3-4-11-8-16(28-18(11)15)14-9-13(19(20)21)23-24(14)17-7-6-12(10-22-17)29(2,25)26/h3-10,19H,1-2H3. The van der Waals surface area contributed by atoms with E-state index in [0.717, 1.165) is 17.8 Å². The van der Waals surface area contributed by atoms with Crippen LogP contribution in [0.25, 0.3) is 28.2 Å². The van der Waals surface area contributed by atoms with Gasteiger partial charge in [0, 0.05) is 17.8 Å². The largest absolute Gasteiger partial charge is 0.493 e. The molecule has 0 aliphatic carbocycles. The first-order chi connectivity index (χ1) is 13.8. The molecule has 0 saturated carbocycles. The van der Waals surface area contributed by atoms with Crippen LogP contribution in [0.15, 0.2) is 58.0 Å². The first-order valence-corrected chi connectivity index (χ1v) is 10.3. The van der Waals surface area contributed by atoms with Gasteiger partial charge in [0.1, 0.15) is 11.4 Å². The van der Waals surface area contributed by atoms with E-state index in [1.807, 2.05) is 0 Å². The van der Waals surface area contributed by atoms with Crippen LogP contribution in [0.4, 0.5) is 8.78 Å². The fourth-order valence-electron chi connectivity index (χ4n) is 2.90. The number of ether oxygens (including phenoxy) is 1. The SMILES string of the molecule is COc1cccc2cc(-c3cc(C(F)F)nn3-c3ccc(S(C)(=O)=O)cn3)oc12. The third kappa shape index (κ3) is 3.46. The maximum atomic E-state index is 13.3. The minimum Gasteiger partial charge on any atom is -0.493 e. The molecule has 0 fully saturated rings. The summed E-state index contributed by atoms with van der Waals surface area (Å²) >= 11 is 0. The lowest BCUT2D eigenvalue weighted by Crippen LogP contribution is -2.04. The van der Waals surface area contributed by atoms with Gasteiger partial charge in [-0.2, -0.15) is 5.10 Å². The Morgan fingerprint density at radius 3 is 2.59 bits per heavy atom. The molecule has 0 bridgehead atoms. The zero-order valence-electron chi connectivity index (χ0n) is 15.3. The Morgan fingerprint density at radius 2 is 1.97 bits per heavy atom. The minimum absolute atomic E-state index is 0.0116. The van der Waals surface area contributed by atoms with Crippen molar-refractivity contribution in [2.75, 3.05) is 13.4 Å². The van der Waals surface area contributed by atoms with Crippen LogP contribution in [-0.2, 0) is 9.84 Å². The molecule has 3 aromatic heterocycles. The predicted octanol–water partition coefficient (Wildman–Crippen LogP) is 4.03. The molecular formula is C19H15F2N3O4S. The molecule has 4 aromatic rings. The van der Waals surface area contributed by atoms with Gasteiger partial charge in [-0.05, 0) is 30.3 Å². The average molecular weight is 419 g/mol. The molecule has 0 N–H and O–H groups in total. The number of pyridine rings is 1. The molecular weight excluding hydrogens is 404 g/mol. The second-order valence-corrected chi connectivity index (χ2v) is 8.30. The zero-order valence-corrected chi connectivity index (χ0v) is 16.2. The predicted molar refractivity (Wildman–Crippen MR) is 101 cm³/mol. The fraction of sp³-hybridized carbons (Fsp3) is 0.158. The van der Waals surface area contributed by atoms with Gasteiger partial charge in [-0.25, -0.2) is 26.9 Å². The lowest BCUT2D eigenvalue weighted by atomic mass is 10.2. The lowest BCUT2D eigenvalue weighted by Gasteiger charge is -2.05. The molecule has 0 radical (unpaired) electrons. The second kappa shape index (κ2) is 6.96. The molecule has 0 atom stereocenters. The molecule has 3 heterocycles. The molecule has 0 spiro atoms. The highest BCUT2D eigenvalue weighted by Crippen LogP contribution is 2.35. The van der Waals surface area contributed by atoms with Gasteiger partial charge in [0.15, 0.2) is 32.7 Å². The van der Waals surface area contributed by atoms with Crippen LogP contribution in [0.3, 0.4) is 0 Å². The quantitative estimate of drug-likeness (QED) is 0.485. The summed E-state index contributed by atoms with van der Waals surface area (Å²) in [6.07, 6.45) is -0.594. The molecule has 7 nitrogen and oxygen atoms in total. The van der Waals surface area contributed by atoms with E-state index in [9.17, 15) is 17.2 Å². The number of furan rings is 1. The fourth-order valence-corrected chi connectivity index (χ4v) is 3.46. The van der Waals surface area contributed by atoms with Gasteiger partial charge in [-0.15, -0.1) is 0 Å². The summed E-state index contributed by atoms with van der Waals surface area (Å²) in [5.41, 5.74) is 0.260. The van der Waals surface area contributed by atoms with Gasteiger partial charge in [0.05, 0.1) is 12.0 Å². The highest BCUT2D eigenvalue weighted by atomic mass is 32.2. The third-order valence-electron chi connectivity index (χ3n) is 4.30. The Hall–Kier alpha value is -3.27. The highest BCUT2D eigenvalue weighted by molar-refractivity contribution is 7.90. The average Bonchev–Trinajstić information content (AvgIpc) is 3.31. The molecule has 0 aliphatic heterocycles. The maximum absolute atomic E-state index is 13.3. The number of sulfone groups is 1. The Morgan fingerprint density at radius 1 is 1.17 bits per heavy atom. The smallest absolute Gasteiger partial charge is 0.282 e. The summed E-state index contributed by atoms with van der Waals surface area (Å²) in [7, 11) is -1.94. The number of halogens is 2. The molecule has 10 heteroatoms. The highest BCUT2D eigenvalue weighted by Gasteiger charge is 2.22. The summed E-state index contributed by atoms with van der Waals surface area (Å²) in [5, 5.41) is 4.65. The number of methoxy groups -OCH3 is 1. The summed E-state index contributed by atoms with van der Waals surface area (Å²) in [6, 6.07) is 10.9. The zero-order chi connectivity index (χ0) is 20.8. The van der Waals surface area contributed by atoms with E-state index in [1.54, 1.807) is 24.3 Å². The van der Waals surface area contributed by atoms with Crippen LogP contribution in [0, 0.1) is 0 Å². The number of alkyl halides is 2. The van der Waals surface area contributed by atoms with Crippen LogP contribution in [0.2, 0.25) is 0 Å². The van der Waals surface area contributed by atoms with E-state index in [0.29, 0.717) is 11.3 Å². The summed E-state index contributed by atoms with van der Waals surface area (Å²) in [5.74, 6) is 0.967. The summed E-state index contributed by atoms with van der Waals surface area (Å²) in [4.78, 5) is 4.08. The maximum Gasteiger partial charge on any atom is 0.282 e. The molecule has 0 unspecified atom stereocenters. The van der Waals surface area contributed by atoms with Crippen molar-refractivity contribution in [3.63, 3.8) is 0 Å². The Kier molecular flexibility index (Phi) is 4.58. The van der Waals surface area contributed by atoms with Crippen LogP contribution < -0.4 is 4.74 Å². The molecule has 150 valence electrons. The van der Waals surface area contributed by atoms with Crippen molar-refractivity contribution in [3.05, 3.63) is 54.4 Å². The first kappa shape index (κ1) is 19.1. The van der Waals surface area contributed by atoms with E-state index in [2.05, 4.69) is 10.1 Å². The normalized spacial score (nSPS) is 12.0. The van der Waals surface area contributed by atoms with Crippen molar-refractivity contribution in [3.8, 4) is 23.0 Å². The van der Waals surface area contributed by atoms with Crippen molar-refractivity contribution in [2.45, 2.75) is 11.3 Å². The van der Waals surface area contributed by atoms with Crippen molar-refractivity contribution < 1.29 is 26.4 Å². The third-order valence-corrected chi connectivity index (χ3v) is 5.40. The molecule has 0 saturated heterocycles. The van der Waals surface area contributed by atoms with Gasteiger partial charge >= 0.3 is 0 Å². The number of aromatic nitrogens is 3. The second-order valence-electron chi connectivity index (χ2n) is 6.28. The van der Waals surface area contributed by atoms with Crippen LogP contribution in [-0.4, -0.2) is 36.5 Å². The van der Waals surface area contributed by atoms with E-state index in [1.165, 1.54) is 30.0 Å². The lowest BCUT2D eigenvalue weighted by molar-refractivity contribution is 0.145. The molecule has 0 amide bonds. The van der Waals surface area contributed by atoms with Crippen molar-refractivity contribution in [1.82, 2.24) is 14.8 Å². The van der Waals surface area contributed by atoms with Gasteiger partial charge < -0.3 is 9.15 Å². The first-order valence-electron chi connectivity index (χ1n) is 8.39. The number of para-hydroxylation sites is 1. The molecule has 29 heavy (non-hydrogen) atoms. The van der Waals surface area contributed by atoms with E-state index in [-0.39, 0.29) is 22.2 Å². The van der Waals surface area contributed by atoms with E-state index in [4.69, 9.17) is 9.15 Å². The van der Waals surface area contributed by atoms with Crippen molar-refractivity contribution in [2.24, 2.45) is 0 Å².